The molecule has 1 atom stereocenters. The van der Waals surface area contributed by atoms with Crippen molar-refractivity contribution in [2.75, 3.05) is 13.1 Å². The summed E-state index contributed by atoms with van der Waals surface area (Å²) in [5, 5.41) is 3.91. The topological polar surface area (TPSA) is 92.3 Å². The van der Waals surface area contributed by atoms with Gasteiger partial charge in [-0.15, -0.1) is 0 Å². The Hall–Kier alpha value is -2.67. The molecule has 0 fully saturated rings. The molecule has 2 N–H and O–H groups in total. The van der Waals surface area contributed by atoms with Crippen LogP contribution >= 0.6 is 0 Å². The Morgan fingerprint density at radius 1 is 0.885 bits per heavy atom. The molecule has 6 nitrogen and oxygen atoms in total. The minimum absolute atomic E-state index is 0.165. The van der Waals surface area contributed by atoms with Crippen LogP contribution in [0.1, 0.15) is 24.2 Å². The normalized spacial score (nSPS) is 12.2. The number of hydrogen-bond donors (Lipinski definition) is 2. The summed E-state index contributed by atoms with van der Waals surface area (Å²) < 4.78 is 26.1. The van der Waals surface area contributed by atoms with Crippen LogP contribution in [-0.2, 0) is 19.4 Å². The fourth-order valence-electron chi connectivity index (χ4n) is 2.43. The van der Waals surface area contributed by atoms with Crippen LogP contribution in [0.2, 0.25) is 0 Å². The molecule has 138 valence electrons. The zero-order valence-electron chi connectivity index (χ0n) is 14.5. The minimum Gasteiger partial charge on any atom is -0.348 e. The second kappa shape index (κ2) is 9.15. The first-order valence-corrected chi connectivity index (χ1v) is 9.91. The van der Waals surface area contributed by atoms with Gasteiger partial charge in [0.1, 0.15) is 5.25 Å². The summed E-state index contributed by atoms with van der Waals surface area (Å²) in [7, 11) is -3.74. The summed E-state index contributed by atoms with van der Waals surface area (Å²) in [6.07, 6.45) is 0.702. The number of hydrogen-bond acceptors (Lipinski definition) is 4. The highest BCUT2D eigenvalue weighted by Gasteiger charge is 2.30. The van der Waals surface area contributed by atoms with Crippen molar-refractivity contribution >= 4 is 21.7 Å². The van der Waals surface area contributed by atoms with Crippen molar-refractivity contribution in [1.29, 1.82) is 0 Å². The molecule has 26 heavy (non-hydrogen) atoms. The molecule has 0 radical (unpaired) electrons. The van der Waals surface area contributed by atoms with E-state index >= 15 is 0 Å². The molecule has 0 aliphatic rings. The third-order valence-corrected chi connectivity index (χ3v) is 5.92. The van der Waals surface area contributed by atoms with Gasteiger partial charge in [0.15, 0.2) is 9.84 Å². The van der Waals surface area contributed by atoms with Crippen molar-refractivity contribution in [3.63, 3.8) is 0 Å². The molecular formula is C19H22N2O4S. The maximum absolute atomic E-state index is 13.0. The molecule has 0 saturated heterocycles. The molecule has 0 unspecified atom stereocenters. The lowest BCUT2D eigenvalue weighted by Gasteiger charge is -2.19. The number of benzene rings is 2. The monoisotopic (exact) mass is 374 g/mol. The molecule has 2 amide bonds. The van der Waals surface area contributed by atoms with Crippen LogP contribution in [0.15, 0.2) is 65.6 Å². The fraction of sp³-hybridized carbons (Fsp3) is 0.263. The molecule has 0 aliphatic carbocycles. The summed E-state index contributed by atoms with van der Waals surface area (Å²) in [5.74, 6) is -1.61. The molecule has 2 aromatic rings. The third kappa shape index (κ3) is 4.92. The van der Waals surface area contributed by atoms with Crippen molar-refractivity contribution in [1.82, 2.24) is 10.6 Å². The SMILES string of the molecule is CCCNC(=O)C(=O)NC[C@H](c1ccccc1)S(=O)(=O)c1ccccc1. The number of sulfone groups is 1. The van der Waals surface area contributed by atoms with Gasteiger partial charge in [0.2, 0.25) is 0 Å². The maximum atomic E-state index is 13.0. The van der Waals surface area contributed by atoms with Crippen LogP contribution < -0.4 is 10.6 Å². The van der Waals surface area contributed by atoms with Crippen LogP contribution in [0, 0.1) is 0 Å². The second-order valence-electron chi connectivity index (χ2n) is 5.72. The summed E-state index contributed by atoms with van der Waals surface area (Å²) in [5.41, 5.74) is 0.547. The van der Waals surface area contributed by atoms with E-state index in [4.69, 9.17) is 0 Å². The van der Waals surface area contributed by atoms with E-state index in [1.807, 2.05) is 6.92 Å². The standard InChI is InChI=1S/C19H22N2O4S/c1-2-13-20-18(22)19(23)21-14-17(15-9-5-3-6-10-15)26(24,25)16-11-7-4-8-12-16/h3-12,17H,2,13-14H2,1H3,(H,20,22)(H,21,23)/t17-/m1/s1. The molecule has 0 spiro atoms. The minimum atomic E-state index is -3.74. The lowest BCUT2D eigenvalue weighted by molar-refractivity contribution is -0.139. The zero-order chi connectivity index (χ0) is 19.0. The highest BCUT2D eigenvalue weighted by Crippen LogP contribution is 2.28. The Morgan fingerprint density at radius 2 is 1.42 bits per heavy atom. The summed E-state index contributed by atoms with van der Waals surface area (Å²) >= 11 is 0. The number of carbonyl (C=O) groups excluding carboxylic acids is 2. The van der Waals surface area contributed by atoms with Crippen LogP contribution in [0.3, 0.4) is 0 Å². The third-order valence-electron chi connectivity index (χ3n) is 3.81. The fourth-order valence-corrected chi connectivity index (χ4v) is 4.12. The van der Waals surface area contributed by atoms with Gasteiger partial charge < -0.3 is 10.6 Å². The van der Waals surface area contributed by atoms with Crippen LogP contribution in [0.4, 0.5) is 0 Å². The number of rotatable bonds is 7. The number of nitrogens with one attached hydrogen (secondary N) is 2. The Bertz CT molecular complexity index is 836. The van der Waals surface area contributed by atoms with Crippen molar-refractivity contribution in [3.05, 3.63) is 66.2 Å². The Labute approximate surface area is 153 Å². The smallest absolute Gasteiger partial charge is 0.309 e. The van der Waals surface area contributed by atoms with E-state index < -0.39 is 26.9 Å². The van der Waals surface area contributed by atoms with Crippen LogP contribution in [-0.4, -0.2) is 33.3 Å². The molecule has 0 aliphatic heterocycles. The Kier molecular flexibility index (Phi) is 6.91. The lowest BCUT2D eigenvalue weighted by atomic mass is 10.1. The van der Waals surface area contributed by atoms with Gasteiger partial charge in [0.05, 0.1) is 4.90 Å². The first kappa shape index (κ1) is 19.7. The molecule has 0 heterocycles. The van der Waals surface area contributed by atoms with Gasteiger partial charge in [-0.3, -0.25) is 9.59 Å². The lowest BCUT2D eigenvalue weighted by Crippen LogP contribution is -2.42. The van der Waals surface area contributed by atoms with Crippen molar-refractivity contribution < 1.29 is 18.0 Å². The van der Waals surface area contributed by atoms with E-state index in [1.165, 1.54) is 12.1 Å². The quantitative estimate of drug-likeness (QED) is 0.724. The van der Waals surface area contributed by atoms with Crippen molar-refractivity contribution in [2.24, 2.45) is 0 Å². The highest BCUT2D eigenvalue weighted by molar-refractivity contribution is 7.91. The molecule has 2 rings (SSSR count). The number of carbonyl (C=O) groups is 2. The van der Waals surface area contributed by atoms with E-state index in [1.54, 1.807) is 48.5 Å². The molecule has 0 aromatic heterocycles. The van der Waals surface area contributed by atoms with E-state index in [0.717, 1.165) is 0 Å². The van der Waals surface area contributed by atoms with Crippen LogP contribution in [0.5, 0.6) is 0 Å². The van der Waals surface area contributed by atoms with Crippen molar-refractivity contribution in [3.8, 4) is 0 Å². The number of amides is 2. The predicted octanol–water partition coefficient (Wildman–Crippen LogP) is 1.84. The summed E-state index contributed by atoms with van der Waals surface area (Å²) in [4.78, 5) is 23.8. The van der Waals surface area contributed by atoms with Gasteiger partial charge >= 0.3 is 11.8 Å². The first-order chi connectivity index (χ1) is 12.5. The van der Waals surface area contributed by atoms with E-state index in [2.05, 4.69) is 10.6 Å². The van der Waals surface area contributed by atoms with Gasteiger partial charge in [-0.2, -0.15) is 0 Å². The Balaban J connectivity index is 2.24. The van der Waals surface area contributed by atoms with E-state index in [-0.39, 0.29) is 11.4 Å². The maximum Gasteiger partial charge on any atom is 0.309 e. The summed E-state index contributed by atoms with van der Waals surface area (Å²) in [6.45, 7) is 2.06. The van der Waals surface area contributed by atoms with Crippen molar-refractivity contribution in [2.45, 2.75) is 23.5 Å². The molecule has 0 saturated carbocycles. The van der Waals surface area contributed by atoms with E-state index in [0.29, 0.717) is 18.5 Å². The largest absolute Gasteiger partial charge is 0.348 e. The van der Waals surface area contributed by atoms with Gasteiger partial charge in [0.25, 0.3) is 0 Å². The van der Waals surface area contributed by atoms with Gasteiger partial charge in [-0.25, -0.2) is 8.42 Å². The van der Waals surface area contributed by atoms with Gasteiger partial charge in [-0.05, 0) is 24.1 Å². The highest BCUT2D eigenvalue weighted by atomic mass is 32.2. The Morgan fingerprint density at radius 3 is 2.00 bits per heavy atom. The first-order valence-electron chi connectivity index (χ1n) is 8.36. The average Bonchev–Trinajstić information content (AvgIpc) is 2.67. The van der Waals surface area contributed by atoms with Crippen LogP contribution in [0.25, 0.3) is 0 Å². The zero-order valence-corrected chi connectivity index (χ0v) is 15.3. The van der Waals surface area contributed by atoms with Gasteiger partial charge in [-0.1, -0.05) is 55.5 Å². The second-order valence-corrected chi connectivity index (χ2v) is 7.85. The predicted molar refractivity (Wildman–Crippen MR) is 99.1 cm³/mol. The average molecular weight is 374 g/mol. The molecule has 7 heteroatoms. The summed E-state index contributed by atoms with van der Waals surface area (Å²) in [6, 6.07) is 16.7. The molecule has 2 aromatic carbocycles. The molecular weight excluding hydrogens is 352 g/mol. The molecule has 0 bridgehead atoms. The van der Waals surface area contributed by atoms with E-state index in [9.17, 15) is 18.0 Å². The van der Waals surface area contributed by atoms with Gasteiger partial charge in [0, 0.05) is 13.1 Å².